The van der Waals surface area contributed by atoms with Gasteiger partial charge in [0.2, 0.25) is 0 Å². The highest BCUT2D eigenvalue weighted by molar-refractivity contribution is 6.06. The van der Waals surface area contributed by atoms with Gasteiger partial charge >= 0.3 is 0 Å². The molecule has 0 unspecified atom stereocenters. The Hall–Kier alpha value is -1.92. The van der Waals surface area contributed by atoms with Gasteiger partial charge in [-0.05, 0) is 12.1 Å². The Kier molecular flexibility index (Phi) is 5.83. The minimum atomic E-state index is -0.334. The molecule has 0 bridgehead atoms. The Balaban J connectivity index is 2.85. The van der Waals surface area contributed by atoms with Crippen LogP contribution < -0.4 is 21.7 Å². The van der Waals surface area contributed by atoms with E-state index in [4.69, 9.17) is 0 Å². The van der Waals surface area contributed by atoms with Crippen LogP contribution in [-0.4, -0.2) is 24.9 Å². The van der Waals surface area contributed by atoms with Crippen LogP contribution in [0.4, 0.5) is 0 Å². The summed E-state index contributed by atoms with van der Waals surface area (Å²) in [5, 5.41) is 0. The lowest BCUT2D eigenvalue weighted by atomic mass is 10.1. The Morgan fingerprint density at radius 1 is 0.889 bits per heavy atom. The zero-order valence-corrected chi connectivity index (χ0v) is 10.5. The topological polar surface area (TPSA) is 82.3 Å². The Labute approximate surface area is 106 Å². The van der Waals surface area contributed by atoms with Crippen molar-refractivity contribution < 1.29 is 9.59 Å². The van der Waals surface area contributed by atoms with Gasteiger partial charge < -0.3 is 0 Å². The number of benzene rings is 1. The molecule has 0 radical (unpaired) electrons. The normalized spacial score (nSPS) is 9.89. The second-order valence-corrected chi connectivity index (χ2v) is 3.51. The first kappa shape index (κ1) is 14.1. The van der Waals surface area contributed by atoms with Gasteiger partial charge in [-0.15, -0.1) is 0 Å². The second-order valence-electron chi connectivity index (χ2n) is 3.51. The Bertz CT molecular complexity index is 381. The molecule has 0 atom stereocenters. The van der Waals surface area contributed by atoms with Gasteiger partial charge in [0.1, 0.15) is 0 Å². The van der Waals surface area contributed by atoms with E-state index in [1.165, 1.54) is 0 Å². The van der Waals surface area contributed by atoms with Gasteiger partial charge in [-0.1, -0.05) is 26.0 Å². The van der Waals surface area contributed by atoms with E-state index in [2.05, 4.69) is 21.7 Å². The first-order chi connectivity index (χ1) is 8.70. The van der Waals surface area contributed by atoms with E-state index in [1.54, 1.807) is 24.3 Å². The number of amides is 2. The largest absolute Gasteiger partial charge is 0.287 e. The maximum absolute atomic E-state index is 11.8. The number of carbonyl (C=O) groups excluding carboxylic acids is 2. The van der Waals surface area contributed by atoms with Gasteiger partial charge in [-0.3, -0.25) is 20.4 Å². The summed E-state index contributed by atoms with van der Waals surface area (Å²) in [6.07, 6.45) is 0. The number of carbonyl (C=O) groups is 2. The molecule has 0 aliphatic carbocycles. The molecular formula is C12H18N4O2. The van der Waals surface area contributed by atoms with Crippen LogP contribution in [0, 0.1) is 0 Å². The summed E-state index contributed by atoms with van der Waals surface area (Å²) in [6, 6.07) is 6.64. The van der Waals surface area contributed by atoms with Gasteiger partial charge in [0, 0.05) is 13.1 Å². The highest BCUT2D eigenvalue weighted by Crippen LogP contribution is 2.08. The van der Waals surface area contributed by atoms with E-state index in [0.29, 0.717) is 24.2 Å². The van der Waals surface area contributed by atoms with Crippen LogP contribution in [0.1, 0.15) is 34.6 Å². The molecule has 0 heterocycles. The van der Waals surface area contributed by atoms with Crippen LogP contribution in [-0.2, 0) is 0 Å². The second kappa shape index (κ2) is 7.41. The lowest BCUT2D eigenvalue weighted by Crippen LogP contribution is -2.40. The zero-order valence-electron chi connectivity index (χ0n) is 10.5. The van der Waals surface area contributed by atoms with Crippen LogP contribution >= 0.6 is 0 Å². The molecule has 0 aromatic heterocycles. The predicted molar refractivity (Wildman–Crippen MR) is 68.7 cm³/mol. The summed E-state index contributed by atoms with van der Waals surface area (Å²) >= 11 is 0. The molecule has 2 amide bonds. The molecular weight excluding hydrogens is 232 g/mol. The van der Waals surface area contributed by atoms with E-state index >= 15 is 0 Å². The summed E-state index contributed by atoms with van der Waals surface area (Å²) in [7, 11) is 0. The van der Waals surface area contributed by atoms with Crippen LogP contribution in [0.15, 0.2) is 24.3 Å². The van der Waals surface area contributed by atoms with Gasteiger partial charge in [-0.25, -0.2) is 10.9 Å². The third kappa shape index (κ3) is 3.83. The van der Waals surface area contributed by atoms with E-state index in [1.807, 2.05) is 13.8 Å². The van der Waals surface area contributed by atoms with Gasteiger partial charge in [0.25, 0.3) is 11.8 Å². The van der Waals surface area contributed by atoms with Gasteiger partial charge in [0.15, 0.2) is 0 Å². The summed E-state index contributed by atoms with van der Waals surface area (Å²) in [6.45, 7) is 4.95. The van der Waals surface area contributed by atoms with E-state index < -0.39 is 0 Å². The molecule has 1 aromatic rings. The van der Waals surface area contributed by atoms with Crippen molar-refractivity contribution in [1.29, 1.82) is 0 Å². The predicted octanol–water partition coefficient (Wildman–Crippen LogP) is 0.195. The average molecular weight is 250 g/mol. The molecule has 1 aromatic carbocycles. The molecule has 98 valence electrons. The molecule has 0 spiro atoms. The van der Waals surface area contributed by atoms with Gasteiger partial charge in [0.05, 0.1) is 11.1 Å². The molecule has 0 aliphatic rings. The number of rotatable bonds is 6. The number of hydrogen-bond acceptors (Lipinski definition) is 4. The van der Waals surface area contributed by atoms with E-state index in [9.17, 15) is 9.59 Å². The van der Waals surface area contributed by atoms with Crippen LogP contribution in [0.2, 0.25) is 0 Å². The van der Waals surface area contributed by atoms with Crippen molar-refractivity contribution in [1.82, 2.24) is 21.7 Å². The third-order valence-corrected chi connectivity index (χ3v) is 2.17. The highest BCUT2D eigenvalue weighted by atomic mass is 16.2. The van der Waals surface area contributed by atoms with Crippen molar-refractivity contribution in [2.75, 3.05) is 13.1 Å². The number of hydrogen-bond donors (Lipinski definition) is 4. The zero-order chi connectivity index (χ0) is 13.4. The first-order valence-corrected chi connectivity index (χ1v) is 5.86. The SMILES string of the molecule is CCNNC(=O)c1ccccc1C(=O)NNCC. The quantitative estimate of drug-likeness (QED) is 0.543. The monoisotopic (exact) mass is 250 g/mol. The van der Waals surface area contributed by atoms with E-state index in [0.717, 1.165) is 0 Å². The van der Waals surface area contributed by atoms with Crippen molar-refractivity contribution in [3.63, 3.8) is 0 Å². The van der Waals surface area contributed by atoms with Crippen molar-refractivity contribution >= 4 is 11.8 Å². The molecule has 0 saturated heterocycles. The lowest BCUT2D eigenvalue weighted by Gasteiger charge is -2.10. The molecule has 0 saturated carbocycles. The Morgan fingerprint density at radius 3 is 1.61 bits per heavy atom. The highest BCUT2D eigenvalue weighted by Gasteiger charge is 2.15. The van der Waals surface area contributed by atoms with Crippen molar-refractivity contribution in [3.8, 4) is 0 Å². The fraction of sp³-hybridized carbons (Fsp3) is 0.333. The van der Waals surface area contributed by atoms with Crippen molar-refractivity contribution in [2.45, 2.75) is 13.8 Å². The average Bonchev–Trinajstić information content (AvgIpc) is 2.42. The van der Waals surface area contributed by atoms with Crippen molar-refractivity contribution in [2.24, 2.45) is 0 Å². The fourth-order valence-corrected chi connectivity index (χ4v) is 1.35. The molecule has 6 heteroatoms. The molecule has 1 rings (SSSR count). The lowest BCUT2D eigenvalue weighted by molar-refractivity contribution is 0.0899. The fourth-order valence-electron chi connectivity index (χ4n) is 1.35. The molecule has 6 nitrogen and oxygen atoms in total. The summed E-state index contributed by atoms with van der Waals surface area (Å²) in [5.74, 6) is -0.668. The van der Waals surface area contributed by atoms with Gasteiger partial charge in [-0.2, -0.15) is 0 Å². The third-order valence-electron chi connectivity index (χ3n) is 2.17. The summed E-state index contributed by atoms with van der Waals surface area (Å²) < 4.78 is 0. The smallest absolute Gasteiger partial charge is 0.266 e. The Morgan fingerprint density at radius 2 is 1.28 bits per heavy atom. The number of nitrogens with one attached hydrogen (secondary N) is 4. The maximum atomic E-state index is 11.8. The number of hydrazine groups is 2. The minimum absolute atomic E-state index is 0.328. The molecule has 18 heavy (non-hydrogen) atoms. The van der Waals surface area contributed by atoms with Crippen LogP contribution in [0.3, 0.4) is 0 Å². The van der Waals surface area contributed by atoms with E-state index in [-0.39, 0.29) is 11.8 Å². The minimum Gasteiger partial charge on any atom is -0.287 e. The van der Waals surface area contributed by atoms with Crippen molar-refractivity contribution in [3.05, 3.63) is 35.4 Å². The standard InChI is InChI=1S/C12H18N4O2/c1-3-13-15-11(17)9-7-5-6-8-10(9)12(18)16-14-4-2/h5-8,13-14H,3-4H2,1-2H3,(H,15,17)(H,16,18). The van der Waals surface area contributed by atoms with Crippen LogP contribution in [0.25, 0.3) is 0 Å². The molecule has 0 aliphatic heterocycles. The van der Waals surface area contributed by atoms with Crippen LogP contribution in [0.5, 0.6) is 0 Å². The summed E-state index contributed by atoms with van der Waals surface area (Å²) in [5.41, 5.74) is 11.1. The molecule has 4 N–H and O–H groups in total. The molecule has 0 fully saturated rings. The summed E-state index contributed by atoms with van der Waals surface area (Å²) in [4.78, 5) is 23.7. The first-order valence-electron chi connectivity index (χ1n) is 5.86. The maximum Gasteiger partial charge on any atom is 0.266 e.